The molecule has 3 nitrogen and oxygen atoms in total. The summed E-state index contributed by atoms with van der Waals surface area (Å²) in [6.07, 6.45) is 6.61. The molecule has 0 aromatic heterocycles. The van der Waals surface area contributed by atoms with Gasteiger partial charge in [-0.05, 0) is 38.0 Å². The van der Waals surface area contributed by atoms with E-state index >= 15 is 0 Å². The summed E-state index contributed by atoms with van der Waals surface area (Å²) in [7, 11) is 0. The van der Waals surface area contributed by atoms with Crippen molar-refractivity contribution < 1.29 is 15.0 Å². The van der Waals surface area contributed by atoms with Crippen LogP contribution in [0.2, 0.25) is 0 Å². The molecule has 0 bridgehead atoms. The summed E-state index contributed by atoms with van der Waals surface area (Å²) >= 11 is 0. The highest BCUT2D eigenvalue weighted by atomic mass is 16.4. The first-order chi connectivity index (χ1) is 6.49. The van der Waals surface area contributed by atoms with E-state index in [0.717, 1.165) is 25.7 Å². The Morgan fingerprint density at radius 2 is 1.93 bits per heavy atom. The highest BCUT2D eigenvalue weighted by Crippen LogP contribution is 2.60. The van der Waals surface area contributed by atoms with Crippen LogP contribution in [-0.2, 0) is 4.79 Å². The van der Waals surface area contributed by atoms with Crippen molar-refractivity contribution in [1.29, 1.82) is 0 Å². The fraction of sp³-hybridized carbons (Fsp3) is 0.909. The van der Waals surface area contributed by atoms with Crippen LogP contribution in [0.25, 0.3) is 0 Å². The maximum Gasteiger partial charge on any atom is 0.335 e. The highest BCUT2D eigenvalue weighted by molar-refractivity contribution is 5.77. The van der Waals surface area contributed by atoms with Gasteiger partial charge in [0.25, 0.3) is 0 Å². The molecule has 2 aliphatic carbocycles. The zero-order valence-electron chi connectivity index (χ0n) is 8.62. The van der Waals surface area contributed by atoms with Crippen LogP contribution >= 0.6 is 0 Å². The first-order valence-corrected chi connectivity index (χ1v) is 5.45. The highest BCUT2D eigenvalue weighted by Gasteiger charge is 2.57. The third-order valence-corrected chi connectivity index (χ3v) is 4.38. The van der Waals surface area contributed by atoms with Crippen LogP contribution in [0.3, 0.4) is 0 Å². The molecule has 2 rings (SSSR count). The van der Waals surface area contributed by atoms with Crippen molar-refractivity contribution in [3.8, 4) is 0 Å². The van der Waals surface area contributed by atoms with E-state index in [2.05, 4.69) is 0 Å². The molecule has 2 saturated carbocycles. The lowest BCUT2D eigenvalue weighted by molar-refractivity contribution is -0.180. The first-order valence-electron chi connectivity index (χ1n) is 5.45. The molecule has 0 aromatic carbocycles. The van der Waals surface area contributed by atoms with Crippen LogP contribution in [0.5, 0.6) is 0 Å². The van der Waals surface area contributed by atoms with Gasteiger partial charge in [-0.3, -0.25) is 0 Å². The number of carboxylic acids is 1. The van der Waals surface area contributed by atoms with Crippen molar-refractivity contribution in [3.63, 3.8) is 0 Å². The average molecular weight is 198 g/mol. The van der Waals surface area contributed by atoms with E-state index in [-0.39, 0.29) is 11.3 Å². The average Bonchev–Trinajstić information content (AvgIpc) is 2.50. The number of aliphatic carboxylic acids is 1. The van der Waals surface area contributed by atoms with Gasteiger partial charge < -0.3 is 10.2 Å². The lowest BCUT2D eigenvalue weighted by Crippen LogP contribution is -2.55. The van der Waals surface area contributed by atoms with E-state index in [1.54, 1.807) is 0 Å². The molecule has 2 atom stereocenters. The van der Waals surface area contributed by atoms with Gasteiger partial charge in [0.05, 0.1) is 0 Å². The second-order valence-corrected chi connectivity index (χ2v) is 5.11. The summed E-state index contributed by atoms with van der Waals surface area (Å²) < 4.78 is 0. The van der Waals surface area contributed by atoms with Crippen LogP contribution in [0.15, 0.2) is 0 Å². The van der Waals surface area contributed by atoms with Crippen LogP contribution in [0, 0.1) is 11.3 Å². The van der Waals surface area contributed by atoms with Gasteiger partial charge in [-0.15, -0.1) is 0 Å². The summed E-state index contributed by atoms with van der Waals surface area (Å²) in [5.41, 5.74) is -1.34. The number of hydrogen-bond acceptors (Lipinski definition) is 2. The summed E-state index contributed by atoms with van der Waals surface area (Å²) in [6, 6.07) is 0. The van der Waals surface area contributed by atoms with Crippen LogP contribution < -0.4 is 0 Å². The van der Waals surface area contributed by atoms with Gasteiger partial charge in [0.1, 0.15) is 0 Å². The molecule has 0 saturated heterocycles. The van der Waals surface area contributed by atoms with Crippen molar-refractivity contribution in [2.24, 2.45) is 11.3 Å². The molecule has 0 heterocycles. The van der Waals surface area contributed by atoms with Gasteiger partial charge in [-0.1, -0.05) is 12.8 Å². The minimum Gasteiger partial charge on any atom is -0.479 e. The van der Waals surface area contributed by atoms with E-state index in [0.29, 0.717) is 0 Å². The largest absolute Gasteiger partial charge is 0.479 e. The predicted octanol–water partition coefficient (Wildman–Crippen LogP) is 1.79. The van der Waals surface area contributed by atoms with Crippen molar-refractivity contribution in [2.45, 2.75) is 51.0 Å². The second kappa shape index (κ2) is 2.96. The lowest BCUT2D eigenvalue weighted by Gasteiger charge is -2.52. The molecular formula is C11H18O3. The summed E-state index contributed by atoms with van der Waals surface area (Å²) in [6.45, 7) is 1.46. The number of carboxylic acid groups (broad SMARTS) is 1. The minimum absolute atomic E-state index is 0.0185. The third-order valence-electron chi connectivity index (χ3n) is 4.38. The van der Waals surface area contributed by atoms with Gasteiger partial charge in [-0.2, -0.15) is 0 Å². The Hall–Kier alpha value is -0.570. The molecule has 80 valence electrons. The number of rotatable bonds is 2. The maximum atomic E-state index is 10.9. The molecule has 2 fully saturated rings. The molecule has 0 aliphatic heterocycles. The Bertz CT molecular complexity index is 251. The molecule has 0 aromatic rings. The molecule has 2 aliphatic rings. The Labute approximate surface area is 84.1 Å². The topological polar surface area (TPSA) is 57.5 Å². The molecule has 2 N–H and O–H groups in total. The van der Waals surface area contributed by atoms with E-state index < -0.39 is 11.6 Å². The molecule has 2 unspecified atom stereocenters. The van der Waals surface area contributed by atoms with Gasteiger partial charge in [0.15, 0.2) is 5.60 Å². The van der Waals surface area contributed by atoms with Crippen molar-refractivity contribution in [3.05, 3.63) is 0 Å². The Balaban J connectivity index is 2.16. The Kier molecular flexibility index (Phi) is 2.11. The fourth-order valence-corrected chi connectivity index (χ4v) is 3.40. The van der Waals surface area contributed by atoms with Gasteiger partial charge >= 0.3 is 5.97 Å². The molecule has 0 amide bonds. The van der Waals surface area contributed by atoms with E-state index in [1.165, 1.54) is 19.8 Å². The van der Waals surface area contributed by atoms with E-state index in [9.17, 15) is 9.90 Å². The maximum absolute atomic E-state index is 10.9. The molecule has 1 spiro atoms. The van der Waals surface area contributed by atoms with Crippen LogP contribution in [0.4, 0.5) is 0 Å². The number of aliphatic hydroxyl groups is 1. The standard InChI is InChI=1S/C11H18O3/c1-10(14,9(12)13)8-4-7-11(8)5-2-3-6-11/h8,14H,2-7H2,1H3,(H,12,13). The van der Waals surface area contributed by atoms with E-state index in [1.807, 2.05) is 0 Å². The summed E-state index contributed by atoms with van der Waals surface area (Å²) in [4.78, 5) is 10.9. The Morgan fingerprint density at radius 1 is 1.36 bits per heavy atom. The zero-order chi connectivity index (χ0) is 10.4. The van der Waals surface area contributed by atoms with Crippen LogP contribution in [-0.4, -0.2) is 21.8 Å². The Morgan fingerprint density at radius 3 is 2.29 bits per heavy atom. The van der Waals surface area contributed by atoms with Gasteiger partial charge in [0.2, 0.25) is 0 Å². The lowest BCUT2D eigenvalue weighted by atomic mass is 9.53. The fourth-order valence-electron chi connectivity index (χ4n) is 3.40. The molecule has 3 heteroatoms. The molecule has 0 radical (unpaired) electrons. The third kappa shape index (κ3) is 1.18. The quantitative estimate of drug-likeness (QED) is 0.711. The second-order valence-electron chi connectivity index (χ2n) is 5.11. The molecule has 14 heavy (non-hydrogen) atoms. The van der Waals surface area contributed by atoms with Gasteiger partial charge in [-0.25, -0.2) is 4.79 Å². The SMILES string of the molecule is CC(O)(C(=O)O)C1CCC12CCCC2. The molecular weight excluding hydrogens is 180 g/mol. The smallest absolute Gasteiger partial charge is 0.335 e. The first kappa shape index (κ1) is 9.97. The van der Waals surface area contributed by atoms with Gasteiger partial charge in [0, 0.05) is 5.92 Å². The van der Waals surface area contributed by atoms with Crippen molar-refractivity contribution >= 4 is 5.97 Å². The van der Waals surface area contributed by atoms with Crippen molar-refractivity contribution in [2.75, 3.05) is 0 Å². The number of carbonyl (C=O) groups is 1. The normalized spacial score (nSPS) is 33.7. The monoisotopic (exact) mass is 198 g/mol. The summed E-state index contributed by atoms with van der Waals surface area (Å²) in [5, 5.41) is 18.9. The minimum atomic E-state index is -1.51. The number of hydrogen-bond donors (Lipinski definition) is 2. The van der Waals surface area contributed by atoms with Crippen LogP contribution in [0.1, 0.15) is 45.4 Å². The zero-order valence-corrected chi connectivity index (χ0v) is 8.62. The van der Waals surface area contributed by atoms with E-state index in [4.69, 9.17) is 5.11 Å². The predicted molar refractivity (Wildman–Crippen MR) is 51.9 cm³/mol. The van der Waals surface area contributed by atoms with Crippen molar-refractivity contribution in [1.82, 2.24) is 0 Å². The summed E-state index contributed by atoms with van der Waals surface area (Å²) in [5.74, 6) is -1.08.